The van der Waals surface area contributed by atoms with Crippen molar-refractivity contribution in [1.82, 2.24) is 4.98 Å². The Morgan fingerprint density at radius 1 is 1.19 bits per heavy atom. The van der Waals surface area contributed by atoms with E-state index < -0.39 is 5.97 Å². The third-order valence-corrected chi connectivity index (χ3v) is 3.54. The van der Waals surface area contributed by atoms with Crippen LogP contribution in [-0.2, 0) is 9.59 Å². The molecule has 1 aliphatic heterocycles. The summed E-state index contributed by atoms with van der Waals surface area (Å²) in [5.74, 6) is -1.51. The molecule has 21 heavy (non-hydrogen) atoms. The lowest BCUT2D eigenvalue weighted by atomic mass is 9.97. The van der Waals surface area contributed by atoms with Gasteiger partial charge < -0.3 is 15.4 Å². The number of aromatic nitrogens is 1. The molecule has 2 heterocycles. The zero-order valence-electron chi connectivity index (χ0n) is 11.7. The van der Waals surface area contributed by atoms with Crippen LogP contribution >= 0.6 is 0 Å². The minimum atomic E-state index is -1.12. The molecule has 0 spiro atoms. The highest BCUT2D eigenvalue weighted by atomic mass is 16.4. The number of aliphatic carboxylic acids is 1. The van der Waals surface area contributed by atoms with Gasteiger partial charge in [-0.15, -0.1) is 0 Å². The van der Waals surface area contributed by atoms with E-state index in [1.807, 2.05) is 19.9 Å². The maximum atomic E-state index is 12.2. The highest BCUT2D eigenvalue weighted by Gasteiger charge is 2.31. The predicted molar refractivity (Wildman–Crippen MR) is 79.8 cm³/mol. The second-order valence-corrected chi connectivity index (χ2v) is 5.07. The average Bonchev–Trinajstić information content (AvgIpc) is 2.91. The Morgan fingerprint density at radius 3 is 2.52 bits per heavy atom. The lowest BCUT2D eigenvalue weighted by Crippen LogP contribution is -2.11. The van der Waals surface area contributed by atoms with Crippen LogP contribution in [-0.4, -0.2) is 22.0 Å². The summed E-state index contributed by atoms with van der Waals surface area (Å²) in [7, 11) is 0. The molecule has 106 valence electrons. The number of hydrogen-bond donors (Lipinski definition) is 3. The van der Waals surface area contributed by atoms with Crippen LogP contribution in [0.5, 0.6) is 0 Å². The molecule has 0 bridgehead atoms. The highest BCUT2D eigenvalue weighted by molar-refractivity contribution is 6.44. The van der Waals surface area contributed by atoms with Crippen molar-refractivity contribution >= 4 is 28.7 Å². The SMILES string of the molecule is Cc1cc(C)c(C(C(=O)O)=C2C(=O)Nc3ccccc32)[nH]1. The van der Waals surface area contributed by atoms with Crippen LogP contribution in [0.3, 0.4) is 0 Å². The predicted octanol–water partition coefficient (Wildman–Crippen LogP) is 2.58. The molecule has 1 aromatic heterocycles. The fourth-order valence-electron chi connectivity index (χ4n) is 2.69. The number of hydrogen-bond acceptors (Lipinski definition) is 2. The van der Waals surface area contributed by atoms with Gasteiger partial charge in [0.2, 0.25) is 0 Å². The first-order valence-electron chi connectivity index (χ1n) is 6.54. The molecule has 0 saturated heterocycles. The Hall–Kier alpha value is -2.82. The van der Waals surface area contributed by atoms with Crippen molar-refractivity contribution in [2.24, 2.45) is 0 Å². The van der Waals surface area contributed by atoms with Crippen molar-refractivity contribution in [2.45, 2.75) is 13.8 Å². The second kappa shape index (κ2) is 4.63. The van der Waals surface area contributed by atoms with E-state index in [-0.39, 0.29) is 17.1 Å². The molecule has 3 N–H and O–H groups in total. The van der Waals surface area contributed by atoms with Gasteiger partial charge in [0.05, 0.1) is 16.8 Å². The van der Waals surface area contributed by atoms with Crippen LogP contribution in [0, 0.1) is 13.8 Å². The third-order valence-electron chi connectivity index (χ3n) is 3.54. The van der Waals surface area contributed by atoms with E-state index in [1.54, 1.807) is 24.3 Å². The van der Waals surface area contributed by atoms with Gasteiger partial charge in [-0.3, -0.25) is 4.79 Å². The Bertz CT molecular complexity index is 800. The van der Waals surface area contributed by atoms with E-state index in [0.717, 1.165) is 11.3 Å². The quantitative estimate of drug-likeness (QED) is 0.740. The number of anilines is 1. The molecule has 5 heteroatoms. The van der Waals surface area contributed by atoms with Gasteiger partial charge in [0.15, 0.2) is 0 Å². The summed E-state index contributed by atoms with van der Waals surface area (Å²) in [5, 5.41) is 12.3. The molecule has 0 aliphatic carbocycles. The van der Waals surface area contributed by atoms with Crippen LogP contribution < -0.4 is 5.32 Å². The van der Waals surface area contributed by atoms with Crippen LogP contribution in [0.15, 0.2) is 30.3 Å². The fraction of sp³-hybridized carbons (Fsp3) is 0.125. The molecule has 0 atom stereocenters. The number of amides is 1. The zero-order valence-corrected chi connectivity index (χ0v) is 11.7. The molecule has 5 nitrogen and oxygen atoms in total. The van der Waals surface area contributed by atoms with Gasteiger partial charge in [-0.05, 0) is 31.5 Å². The van der Waals surface area contributed by atoms with Gasteiger partial charge in [0.25, 0.3) is 5.91 Å². The summed E-state index contributed by atoms with van der Waals surface area (Å²) < 4.78 is 0. The molecule has 1 aromatic carbocycles. The summed E-state index contributed by atoms with van der Waals surface area (Å²) in [5.41, 5.74) is 3.58. The Labute approximate surface area is 121 Å². The number of rotatable bonds is 2. The van der Waals surface area contributed by atoms with Crippen LogP contribution in [0.25, 0.3) is 11.1 Å². The second-order valence-electron chi connectivity index (χ2n) is 5.07. The Morgan fingerprint density at radius 2 is 1.90 bits per heavy atom. The summed E-state index contributed by atoms with van der Waals surface area (Å²) in [6.07, 6.45) is 0. The van der Waals surface area contributed by atoms with Gasteiger partial charge in [-0.25, -0.2) is 4.79 Å². The van der Waals surface area contributed by atoms with Crippen LogP contribution in [0.1, 0.15) is 22.5 Å². The zero-order chi connectivity index (χ0) is 15.1. The van der Waals surface area contributed by atoms with Crippen LogP contribution in [0.4, 0.5) is 5.69 Å². The largest absolute Gasteiger partial charge is 0.478 e. The Balaban J connectivity index is 2.33. The van der Waals surface area contributed by atoms with E-state index in [4.69, 9.17) is 0 Å². The summed E-state index contributed by atoms with van der Waals surface area (Å²) in [4.78, 5) is 27.0. The van der Waals surface area contributed by atoms with E-state index in [1.165, 1.54) is 0 Å². The molecule has 1 aliphatic rings. The van der Waals surface area contributed by atoms with E-state index in [0.29, 0.717) is 16.9 Å². The van der Waals surface area contributed by atoms with Crippen molar-refractivity contribution in [3.63, 3.8) is 0 Å². The molecular weight excluding hydrogens is 268 g/mol. The van der Waals surface area contributed by atoms with Gasteiger partial charge >= 0.3 is 5.97 Å². The van der Waals surface area contributed by atoms with Gasteiger partial charge in [-0.1, -0.05) is 18.2 Å². The first kappa shape index (κ1) is 13.2. The number of carboxylic acid groups (broad SMARTS) is 1. The minimum Gasteiger partial charge on any atom is -0.478 e. The summed E-state index contributed by atoms with van der Waals surface area (Å²) in [6, 6.07) is 8.94. The topological polar surface area (TPSA) is 82.2 Å². The lowest BCUT2D eigenvalue weighted by Gasteiger charge is -2.06. The fourth-order valence-corrected chi connectivity index (χ4v) is 2.69. The molecule has 0 unspecified atom stereocenters. The number of H-pyrrole nitrogens is 1. The van der Waals surface area contributed by atoms with Crippen molar-refractivity contribution in [1.29, 1.82) is 0 Å². The monoisotopic (exact) mass is 282 g/mol. The number of benzene rings is 1. The van der Waals surface area contributed by atoms with Crippen molar-refractivity contribution in [2.75, 3.05) is 5.32 Å². The molecular formula is C16H14N2O3. The van der Waals surface area contributed by atoms with E-state index in [9.17, 15) is 14.7 Å². The molecule has 1 amide bonds. The standard InChI is InChI=1S/C16H14N2O3/c1-8-7-9(2)17-14(8)13(16(20)21)12-10-5-3-4-6-11(10)18-15(12)19/h3-7,17H,1-2H3,(H,18,19)(H,20,21). The first-order valence-corrected chi connectivity index (χ1v) is 6.54. The smallest absolute Gasteiger partial charge is 0.338 e. The maximum Gasteiger partial charge on any atom is 0.338 e. The lowest BCUT2D eigenvalue weighted by molar-refractivity contribution is -0.130. The van der Waals surface area contributed by atoms with Crippen molar-refractivity contribution < 1.29 is 14.7 Å². The van der Waals surface area contributed by atoms with Gasteiger partial charge in [-0.2, -0.15) is 0 Å². The summed E-state index contributed by atoms with van der Waals surface area (Å²) in [6.45, 7) is 3.67. The van der Waals surface area contributed by atoms with Crippen molar-refractivity contribution in [3.8, 4) is 0 Å². The number of aromatic amines is 1. The first-order chi connectivity index (χ1) is 9.99. The number of para-hydroxylation sites is 1. The third kappa shape index (κ3) is 2.03. The molecule has 2 aromatic rings. The number of aryl methyl sites for hydroxylation is 2. The number of carbonyl (C=O) groups excluding carboxylic acids is 1. The van der Waals surface area contributed by atoms with E-state index >= 15 is 0 Å². The maximum absolute atomic E-state index is 12.2. The van der Waals surface area contributed by atoms with Gasteiger partial charge in [0, 0.05) is 16.9 Å². The average molecular weight is 282 g/mol. The highest BCUT2D eigenvalue weighted by Crippen LogP contribution is 2.37. The molecule has 3 rings (SSSR count). The van der Waals surface area contributed by atoms with Crippen molar-refractivity contribution in [3.05, 3.63) is 52.8 Å². The molecule has 0 fully saturated rings. The van der Waals surface area contributed by atoms with E-state index in [2.05, 4.69) is 10.3 Å². The normalized spacial score (nSPS) is 15.6. The minimum absolute atomic E-state index is 0.00282. The molecule has 0 radical (unpaired) electrons. The Kier molecular flexibility index (Phi) is 2.90. The number of carbonyl (C=O) groups is 2. The number of fused-ring (bicyclic) bond motifs is 1. The van der Waals surface area contributed by atoms with Gasteiger partial charge in [0.1, 0.15) is 0 Å². The van der Waals surface area contributed by atoms with Crippen LogP contribution in [0.2, 0.25) is 0 Å². The molecule has 0 saturated carbocycles. The number of nitrogens with one attached hydrogen (secondary N) is 2. The summed E-state index contributed by atoms with van der Waals surface area (Å²) >= 11 is 0. The number of carboxylic acids is 1.